The standard InChI is InChI=1S/C26H27NO10/c1-9-21(30)13(27)6-16(36-9)37-15-8-26(35,10(2)28)7-12-18(15)25(34)20-19(23(12)32)22(31)11-4-3-5-14(29)17(11)24(20)33/h3-5,9,13,15-16,21,29-30,32,34-35H,6-8,27H2,1-2H3/t9-,13-,15+,16+,21-,26+/m1/s1. The van der Waals surface area contributed by atoms with Gasteiger partial charge in [0.2, 0.25) is 5.78 Å². The number of carbonyl (C=O) groups excluding carboxylic acids is 3. The van der Waals surface area contributed by atoms with Crippen LogP contribution in [-0.4, -0.2) is 73.0 Å². The first-order chi connectivity index (χ1) is 17.4. The second-order valence-corrected chi connectivity index (χ2v) is 9.95. The van der Waals surface area contributed by atoms with E-state index in [4.69, 9.17) is 15.2 Å². The van der Waals surface area contributed by atoms with Crippen LogP contribution < -0.4 is 5.73 Å². The van der Waals surface area contributed by atoms with Crippen molar-refractivity contribution in [3.63, 3.8) is 0 Å². The summed E-state index contributed by atoms with van der Waals surface area (Å²) in [5.41, 5.74) is 2.29. The lowest BCUT2D eigenvalue weighted by Crippen LogP contribution is -2.52. The molecule has 3 aliphatic rings. The number of ether oxygens (including phenoxy) is 2. The number of hydrogen-bond acceptors (Lipinski definition) is 11. The molecule has 1 saturated heterocycles. The fourth-order valence-corrected chi connectivity index (χ4v) is 5.50. The van der Waals surface area contributed by atoms with Gasteiger partial charge in [-0.2, -0.15) is 0 Å². The number of phenols is 3. The highest BCUT2D eigenvalue weighted by Gasteiger charge is 2.49. The molecule has 0 bridgehead atoms. The Morgan fingerprint density at radius 2 is 1.78 bits per heavy atom. The molecule has 6 atom stereocenters. The highest BCUT2D eigenvalue weighted by molar-refractivity contribution is 6.31. The van der Waals surface area contributed by atoms with Crippen LogP contribution in [0.1, 0.15) is 75.8 Å². The summed E-state index contributed by atoms with van der Waals surface area (Å²) in [6.07, 6.45) is -4.68. The van der Waals surface area contributed by atoms with E-state index >= 15 is 0 Å². The summed E-state index contributed by atoms with van der Waals surface area (Å²) in [5.74, 6) is -4.13. The topological polar surface area (TPSA) is 197 Å². The largest absolute Gasteiger partial charge is 0.507 e. The zero-order valence-electron chi connectivity index (χ0n) is 20.1. The molecule has 1 aliphatic heterocycles. The third-order valence-corrected chi connectivity index (χ3v) is 7.59. The van der Waals surface area contributed by atoms with Gasteiger partial charge in [0.25, 0.3) is 0 Å². The van der Waals surface area contributed by atoms with Gasteiger partial charge in [-0.1, -0.05) is 12.1 Å². The van der Waals surface area contributed by atoms with Crippen LogP contribution in [0.25, 0.3) is 0 Å². The molecular formula is C26H27NO10. The maximum atomic E-state index is 13.4. The molecule has 0 aromatic heterocycles. The van der Waals surface area contributed by atoms with Gasteiger partial charge in [-0.05, 0) is 19.9 Å². The van der Waals surface area contributed by atoms with Gasteiger partial charge in [-0.15, -0.1) is 0 Å². The number of Topliss-reactive ketones (excluding diaryl/α,β-unsaturated/α-hetero) is 1. The molecular weight excluding hydrogens is 486 g/mol. The van der Waals surface area contributed by atoms with Crippen LogP contribution in [0.3, 0.4) is 0 Å². The number of aromatic hydroxyl groups is 3. The van der Waals surface area contributed by atoms with E-state index in [-0.39, 0.29) is 35.1 Å². The molecule has 0 spiro atoms. The highest BCUT2D eigenvalue weighted by atomic mass is 16.7. The lowest BCUT2D eigenvalue weighted by Gasteiger charge is -2.42. The Kier molecular flexibility index (Phi) is 5.89. The number of fused-ring (bicyclic) bond motifs is 3. The van der Waals surface area contributed by atoms with Crippen molar-refractivity contribution in [3.8, 4) is 17.2 Å². The molecule has 11 heteroatoms. The maximum Gasteiger partial charge on any atom is 0.202 e. The maximum absolute atomic E-state index is 13.4. The fourth-order valence-electron chi connectivity index (χ4n) is 5.50. The summed E-state index contributed by atoms with van der Waals surface area (Å²) in [6.45, 7) is 2.76. The summed E-state index contributed by atoms with van der Waals surface area (Å²) >= 11 is 0. The summed E-state index contributed by atoms with van der Waals surface area (Å²) in [4.78, 5) is 39.1. The predicted molar refractivity (Wildman–Crippen MR) is 125 cm³/mol. The Morgan fingerprint density at radius 1 is 1.11 bits per heavy atom. The Labute approximate surface area is 211 Å². The average Bonchev–Trinajstić information content (AvgIpc) is 2.82. The van der Waals surface area contributed by atoms with Crippen molar-refractivity contribution >= 4 is 17.3 Å². The van der Waals surface area contributed by atoms with Crippen molar-refractivity contribution in [1.82, 2.24) is 0 Å². The third kappa shape index (κ3) is 3.73. The molecule has 0 amide bonds. The lowest BCUT2D eigenvalue weighted by atomic mass is 9.72. The minimum absolute atomic E-state index is 0.0478. The van der Waals surface area contributed by atoms with Crippen LogP contribution in [0.4, 0.5) is 0 Å². The zero-order valence-corrected chi connectivity index (χ0v) is 20.1. The minimum atomic E-state index is -2.02. The second kappa shape index (κ2) is 8.61. The number of benzene rings is 2. The number of aliphatic hydroxyl groups excluding tert-OH is 1. The number of ketones is 3. The van der Waals surface area contributed by atoms with Crippen LogP contribution in [0, 0.1) is 0 Å². The van der Waals surface area contributed by atoms with E-state index < -0.39 is 88.4 Å². The van der Waals surface area contributed by atoms with Gasteiger partial charge in [-0.3, -0.25) is 14.4 Å². The molecule has 2 aromatic rings. The van der Waals surface area contributed by atoms with E-state index in [1.807, 2.05) is 0 Å². The summed E-state index contributed by atoms with van der Waals surface area (Å²) in [7, 11) is 0. The molecule has 1 heterocycles. The van der Waals surface area contributed by atoms with Crippen molar-refractivity contribution in [2.75, 3.05) is 0 Å². The normalized spacial score (nSPS) is 30.9. The van der Waals surface area contributed by atoms with E-state index in [0.717, 1.165) is 6.92 Å². The Bertz CT molecular complexity index is 1340. The quantitative estimate of drug-likeness (QED) is 0.270. The Morgan fingerprint density at radius 3 is 2.43 bits per heavy atom. The van der Waals surface area contributed by atoms with Crippen molar-refractivity contribution in [3.05, 3.63) is 51.6 Å². The van der Waals surface area contributed by atoms with Crippen LogP contribution in [-0.2, 0) is 20.7 Å². The zero-order chi connectivity index (χ0) is 27.0. The van der Waals surface area contributed by atoms with E-state index in [1.54, 1.807) is 6.92 Å². The van der Waals surface area contributed by atoms with Gasteiger partial charge in [0.1, 0.15) is 22.8 Å². The van der Waals surface area contributed by atoms with Gasteiger partial charge < -0.3 is 40.7 Å². The van der Waals surface area contributed by atoms with Gasteiger partial charge >= 0.3 is 0 Å². The van der Waals surface area contributed by atoms with Crippen molar-refractivity contribution in [2.45, 2.75) is 69.4 Å². The first-order valence-corrected chi connectivity index (χ1v) is 11.9. The number of aliphatic hydroxyl groups is 2. The van der Waals surface area contributed by atoms with E-state index in [2.05, 4.69) is 0 Å². The van der Waals surface area contributed by atoms with Crippen molar-refractivity contribution < 1.29 is 49.4 Å². The minimum Gasteiger partial charge on any atom is -0.507 e. The second-order valence-electron chi connectivity index (χ2n) is 9.95. The number of hydrogen-bond donors (Lipinski definition) is 6. The molecule has 11 nitrogen and oxygen atoms in total. The molecule has 196 valence electrons. The number of nitrogens with two attached hydrogens (primary N) is 1. The summed E-state index contributed by atoms with van der Waals surface area (Å²) in [5, 5.41) is 54.1. The molecule has 7 N–H and O–H groups in total. The number of phenolic OH excluding ortho intramolecular Hbond substituents is 3. The van der Waals surface area contributed by atoms with Gasteiger partial charge in [0, 0.05) is 42.0 Å². The Hall–Kier alpha value is -3.35. The van der Waals surface area contributed by atoms with E-state index in [9.17, 15) is 39.9 Å². The SMILES string of the molecule is CC(=O)[C@]1(O)Cc2c(O)c3c(c(O)c2[C@@H](O[C@H]2C[C@@H](N)[C@H](O)[C@@H](C)O2)C1)C(=O)c1c(O)cccc1C3=O. The molecule has 2 aliphatic carbocycles. The van der Waals surface area contributed by atoms with Crippen LogP contribution in [0.15, 0.2) is 18.2 Å². The highest BCUT2D eigenvalue weighted by Crippen LogP contribution is 2.52. The molecule has 37 heavy (non-hydrogen) atoms. The third-order valence-electron chi connectivity index (χ3n) is 7.59. The van der Waals surface area contributed by atoms with Gasteiger partial charge in [0.15, 0.2) is 17.9 Å². The van der Waals surface area contributed by atoms with Crippen molar-refractivity contribution in [2.24, 2.45) is 5.73 Å². The van der Waals surface area contributed by atoms with E-state index in [1.165, 1.54) is 18.2 Å². The number of carbonyl (C=O) groups is 3. The first-order valence-electron chi connectivity index (χ1n) is 11.9. The average molecular weight is 513 g/mol. The van der Waals surface area contributed by atoms with Crippen LogP contribution in [0.2, 0.25) is 0 Å². The summed E-state index contributed by atoms with van der Waals surface area (Å²) in [6, 6.07) is 3.20. The monoisotopic (exact) mass is 513 g/mol. The molecule has 1 fully saturated rings. The molecule has 0 saturated carbocycles. The summed E-state index contributed by atoms with van der Waals surface area (Å²) < 4.78 is 11.7. The molecule has 2 aromatic carbocycles. The molecule has 0 unspecified atom stereocenters. The van der Waals surface area contributed by atoms with Gasteiger partial charge in [0.05, 0.1) is 35.0 Å². The Balaban J connectivity index is 1.68. The molecule has 5 rings (SSSR count). The predicted octanol–water partition coefficient (Wildman–Crippen LogP) is 0.726. The fraction of sp³-hybridized carbons (Fsp3) is 0.423. The van der Waals surface area contributed by atoms with Crippen molar-refractivity contribution in [1.29, 1.82) is 0 Å². The van der Waals surface area contributed by atoms with E-state index in [0.29, 0.717) is 0 Å². The smallest absolute Gasteiger partial charge is 0.202 e. The molecule has 0 radical (unpaired) electrons. The van der Waals surface area contributed by atoms with Crippen LogP contribution >= 0.6 is 0 Å². The lowest BCUT2D eigenvalue weighted by molar-refractivity contribution is -0.247. The van der Waals surface area contributed by atoms with Crippen LogP contribution in [0.5, 0.6) is 17.2 Å². The number of rotatable bonds is 3. The first kappa shape index (κ1) is 25.3. The van der Waals surface area contributed by atoms with Gasteiger partial charge in [-0.25, -0.2) is 0 Å².